The van der Waals surface area contributed by atoms with E-state index in [0.717, 1.165) is 34.9 Å². The Kier molecular flexibility index (Phi) is 4.82. The Labute approximate surface area is 106 Å². The number of hydrogen-bond donors (Lipinski definition) is 1. The van der Waals surface area contributed by atoms with Gasteiger partial charge in [0.15, 0.2) is 0 Å². The molecular weight excluding hydrogens is 199 g/mol. The van der Waals surface area contributed by atoms with Crippen LogP contribution in [-0.4, -0.2) is 39.0 Å². The van der Waals surface area contributed by atoms with Crippen LogP contribution in [0.3, 0.4) is 0 Å². The zero-order valence-corrected chi connectivity index (χ0v) is 10.9. The van der Waals surface area contributed by atoms with Gasteiger partial charge in [-0.15, -0.1) is 0 Å². The van der Waals surface area contributed by atoms with Crippen molar-refractivity contribution >= 4 is 47.5 Å². The fourth-order valence-electron chi connectivity index (χ4n) is 1.39. The minimum atomic E-state index is -0.833. The van der Waals surface area contributed by atoms with Crippen molar-refractivity contribution in [3.63, 3.8) is 0 Å². The maximum absolute atomic E-state index is 9.00. The number of benzene rings is 2. The first-order valence-electron chi connectivity index (χ1n) is 4.75. The summed E-state index contributed by atoms with van der Waals surface area (Å²) in [5.74, 6) is -0.833. The first-order valence-corrected chi connectivity index (χ1v) is 5.75. The average Bonchev–Trinajstić information content (AvgIpc) is 2.18. The van der Waals surface area contributed by atoms with Crippen LogP contribution < -0.4 is 2.81 Å². The summed E-state index contributed by atoms with van der Waals surface area (Å²) in [6.07, 6.45) is 0. The van der Waals surface area contributed by atoms with E-state index in [4.69, 9.17) is 9.90 Å². The van der Waals surface area contributed by atoms with Crippen LogP contribution in [0.2, 0.25) is 0 Å². The third-order valence-electron chi connectivity index (χ3n) is 2.01. The van der Waals surface area contributed by atoms with E-state index in [9.17, 15) is 0 Å². The van der Waals surface area contributed by atoms with Gasteiger partial charge in [0.25, 0.3) is 5.97 Å². The van der Waals surface area contributed by atoms with Gasteiger partial charge in [-0.25, -0.2) is 0 Å². The number of rotatable bonds is 0. The van der Waals surface area contributed by atoms with E-state index < -0.39 is 5.97 Å². The summed E-state index contributed by atoms with van der Waals surface area (Å²) >= 11 is 1.14. The average molecular weight is 210 g/mol. The molecule has 0 heterocycles. The second-order valence-electron chi connectivity index (χ2n) is 3.32. The van der Waals surface area contributed by atoms with Gasteiger partial charge in [0.1, 0.15) is 0 Å². The SMILES string of the molecule is CC(=O)O.[Na][c]1cccc2ccccc12. The molecule has 2 aromatic carbocycles. The van der Waals surface area contributed by atoms with E-state index in [1.54, 1.807) is 0 Å². The van der Waals surface area contributed by atoms with Gasteiger partial charge < -0.3 is 5.11 Å². The van der Waals surface area contributed by atoms with Gasteiger partial charge in [0, 0.05) is 6.92 Å². The molecule has 0 atom stereocenters. The second-order valence-corrected chi connectivity index (χ2v) is 4.39. The molecule has 0 aromatic heterocycles. The van der Waals surface area contributed by atoms with Crippen molar-refractivity contribution in [3.8, 4) is 0 Å². The van der Waals surface area contributed by atoms with Crippen molar-refractivity contribution in [2.45, 2.75) is 6.92 Å². The summed E-state index contributed by atoms with van der Waals surface area (Å²) < 4.78 is 1.49. The first kappa shape index (κ1) is 12.2. The van der Waals surface area contributed by atoms with Gasteiger partial charge in [-0.2, -0.15) is 0 Å². The molecule has 0 radical (unpaired) electrons. The van der Waals surface area contributed by atoms with E-state index in [2.05, 4.69) is 42.5 Å². The fraction of sp³-hybridized carbons (Fsp3) is 0.0833. The molecule has 0 spiro atoms. The van der Waals surface area contributed by atoms with Crippen LogP contribution in [0.25, 0.3) is 10.8 Å². The number of carboxylic acid groups (broad SMARTS) is 1. The van der Waals surface area contributed by atoms with Crippen LogP contribution in [0.4, 0.5) is 0 Å². The van der Waals surface area contributed by atoms with Gasteiger partial charge >= 0.3 is 84.0 Å². The van der Waals surface area contributed by atoms with Crippen LogP contribution >= 0.6 is 0 Å². The van der Waals surface area contributed by atoms with Crippen LogP contribution in [0.1, 0.15) is 6.92 Å². The van der Waals surface area contributed by atoms with Crippen LogP contribution in [-0.2, 0) is 4.79 Å². The Morgan fingerprint density at radius 3 is 2.27 bits per heavy atom. The normalized spacial score (nSPS) is 9.27. The van der Waals surface area contributed by atoms with Crippen molar-refractivity contribution in [2.75, 3.05) is 0 Å². The van der Waals surface area contributed by atoms with Crippen molar-refractivity contribution < 1.29 is 9.90 Å². The van der Waals surface area contributed by atoms with E-state index in [1.807, 2.05) is 0 Å². The topological polar surface area (TPSA) is 37.3 Å². The Bertz CT molecular complexity index is 457. The zero-order valence-electron chi connectivity index (χ0n) is 8.90. The molecule has 0 bridgehead atoms. The molecule has 0 fully saturated rings. The van der Waals surface area contributed by atoms with Crippen molar-refractivity contribution in [2.24, 2.45) is 0 Å². The molecule has 2 nitrogen and oxygen atoms in total. The van der Waals surface area contributed by atoms with Gasteiger partial charge in [-0.05, 0) is 0 Å². The number of hydrogen-bond acceptors (Lipinski definition) is 1. The van der Waals surface area contributed by atoms with Gasteiger partial charge in [-0.1, -0.05) is 0 Å². The van der Waals surface area contributed by atoms with Crippen molar-refractivity contribution in [3.05, 3.63) is 42.5 Å². The minimum absolute atomic E-state index is 0.833. The number of carbonyl (C=O) groups is 1. The Morgan fingerprint density at radius 2 is 1.67 bits per heavy atom. The van der Waals surface area contributed by atoms with E-state index in [-0.39, 0.29) is 0 Å². The molecule has 0 saturated carbocycles. The van der Waals surface area contributed by atoms with Gasteiger partial charge in [-0.3, -0.25) is 4.79 Å². The molecule has 2 rings (SSSR count). The number of aliphatic carboxylic acids is 1. The monoisotopic (exact) mass is 210 g/mol. The Morgan fingerprint density at radius 1 is 1.13 bits per heavy atom. The summed E-state index contributed by atoms with van der Waals surface area (Å²) in [7, 11) is 0. The zero-order chi connectivity index (χ0) is 11.3. The van der Waals surface area contributed by atoms with Crippen LogP contribution in [0.5, 0.6) is 0 Å². The molecular formula is C12H11NaO2. The van der Waals surface area contributed by atoms with Gasteiger partial charge in [0.05, 0.1) is 0 Å². The molecule has 0 saturated heterocycles. The summed E-state index contributed by atoms with van der Waals surface area (Å²) in [5.41, 5.74) is 0. The third kappa shape index (κ3) is 4.04. The van der Waals surface area contributed by atoms with Crippen molar-refractivity contribution in [1.82, 2.24) is 0 Å². The summed E-state index contributed by atoms with van der Waals surface area (Å²) in [6.45, 7) is 1.08. The van der Waals surface area contributed by atoms with Crippen molar-refractivity contribution in [1.29, 1.82) is 0 Å². The summed E-state index contributed by atoms with van der Waals surface area (Å²) in [5, 5.41) is 10.2. The number of fused-ring (bicyclic) bond motifs is 1. The van der Waals surface area contributed by atoms with E-state index in [0.29, 0.717) is 0 Å². The number of carboxylic acids is 1. The summed E-state index contributed by atoms with van der Waals surface area (Å²) in [6, 6.07) is 15.0. The van der Waals surface area contributed by atoms with Crippen LogP contribution in [0.15, 0.2) is 42.5 Å². The van der Waals surface area contributed by atoms with Crippen LogP contribution in [0, 0.1) is 0 Å². The predicted octanol–water partition coefficient (Wildman–Crippen LogP) is 1.72. The second kappa shape index (κ2) is 5.91. The Hall–Kier alpha value is -0.830. The molecule has 15 heavy (non-hydrogen) atoms. The maximum atomic E-state index is 9.00. The molecule has 0 unspecified atom stereocenters. The molecule has 0 aliphatic heterocycles. The molecule has 2 aromatic rings. The molecule has 0 aliphatic rings. The Balaban J connectivity index is 0.000000245. The third-order valence-corrected chi connectivity index (χ3v) is 2.88. The molecule has 3 heteroatoms. The molecule has 0 aliphatic carbocycles. The first-order chi connectivity index (χ1) is 7.11. The standard InChI is InChI=1S/C10H7.C2H4O2.Na/c1-2-6-10-8-4-3-7-9(10)5-1;1-2(3)4;/h1-7H;1H3,(H,3,4);. The molecule has 0 amide bonds. The molecule has 1 N–H and O–H groups in total. The van der Waals surface area contributed by atoms with Gasteiger partial charge in [0.2, 0.25) is 0 Å². The molecule has 72 valence electrons. The quantitative estimate of drug-likeness (QED) is 0.672. The van der Waals surface area contributed by atoms with E-state index in [1.165, 1.54) is 13.6 Å². The van der Waals surface area contributed by atoms with E-state index >= 15 is 0 Å². The predicted molar refractivity (Wildman–Crippen MR) is 62.6 cm³/mol. The summed E-state index contributed by atoms with van der Waals surface area (Å²) in [4.78, 5) is 9.00. The fourth-order valence-corrected chi connectivity index (χ4v) is 2.04.